The maximum Gasteiger partial charge on any atom is 0.417 e. The number of hydrogen-bond donors (Lipinski definition) is 1. The van der Waals surface area contributed by atoms with E-state index in [0.29, 0.717) is 18.0 Å². The fraction of sp³-hybridized carbons (Fsp3) is 0.200. The van der Waals surface area contributed by atoms with E-state index in [2.05, 4.69) is 4.98 Å². The summed E-state index contributed by atoms with van der Waals surface area (Å²) in [6, 6.07) is 6.18. The smallest absolute Gasteiger partial charge is 0.417 e. The molecule has 0 aliphatic heterocycles. The van der Waals surface area contributed by atoms with Gasteiger partial charge in [0.25, 0.3) is 0 Å². The normalized spacial score (nSPS) is 12.2. The number of benzene rings is 2. The maximum atomic E-state index is 14.6. The van der Waals surface area contributed by atoms with Crippen LogP contribution in [0.4, 0.5) is 32.0 Å². The van der Waals surface area contributed by atoms with Crippen LogP contribution in [-0.4, -0.2) is 33.5 Å². The first-order valence-corrected chi connectivity index (χ1v) is 12.8. The highest BCUT2D eigenvalue weighted by atomic mass is 19.4. The minimum absolute atomic E-state index is 0.000153. The van der Waals surface area contributed by atoms with Crippen molar-refractivity contribution in [3.8, 4) is 11.1 Å². The van der Waals surface area contributed by atoms with E-state index < -0.39 is 40.5 Å². The van der Waals surface area contributed by atoms with Crippen molar-refractivity contribution in [1.82, 2.24) is 14.0 Å². The quantitative estimate of drug-likeness (QED) is 0.0687. The van der Waals surface area contributed by atoms with Crippen LogP contribution in [0.25, 0.3) is 33.8 Å². The molecule has 13 heteroatoms. The van der Waals surface area contributed by atoms with E-state index >= 15 is 0 Å². The van der Waals surface area contributed by atoms with Crippen molar-refractivity contribution in [2.45, 2.75) is 19.7 Å². The molecule has 0 amide bonds. The molecule has 0 saturated heterocycles. The largest absolute Gasteiger partial charge is 0.501 e. The molecule has 0 aliphatic carbocycles. The van der Waals surface area contributed by atoms with Crippen molar-refractivity contribution < 1.29 is 40.6 Å². The van der Waals surface area contributed by atoms with Crippen LogP contribution in [0.2, 0.25) is 0 Å². The first-order chi connectivity index (χ1) is 20.4. The summed E-state index contributed by atoms with van der Waals surface area (Å²) in [5, 5.41) is 0. The molecule has 2 N–H and O–H groups in total. The lowest BCUT2D eigenvalue weighted by atomic mass is 9.95. The summed E-state index contributed by atoms with van der Waals surface area (Å²) in [6.45, 7) is 2.02. The van der Waals surface area contributed by atoms with Crippen molar-refractivity contribution in [2.24, 2.45) is 7.05 Å². The highest BCUT2D eigenvalue weighted by Gasteiger charge is 2.37. The number of hydrogen-bond acceptors (Lipinski definition) is 5. The summed E-state index contributed by atoms with van der Waals surface area (Å²) < 4.78 is 98.6. The number of pyridine rings is 1. The van der Waals surface area contributed by atoms with Crippen molar-refractivity contribution in [3.63, 3.8) is 0 Å². The number of ketones is 1. The van der Waals surface area contributed by atoms with Crippen molar-refractivity contribution in [3.05, 3.63) is 94.5 Å². The number of nitrogens with zero attached hydrogens (tertiary/aromatic N) is 3. The van der Waals surface area contributed by atoms with Crippen LogP contribution in [0.1, 0.15) is 39.9 Å². The van der Waals surface area contributed by atoms with Crippen LogP contribution in [-0.2, 0) is 29.3 Å². The van der Waals surface area contributed by atoms with Gasteiger partial charge >= 0.3 is 6.18 Å². The zero-order valence-electron chi connectivity index (χ0n) is 23.0. The third-order valence-electron chi connectivity index (χ3n) is 6.96. The number of ether oxygens (including phenoxy) is 2. The molecule has 0 atom stereocenters. The Labute approximate surface area is 240 Å². The van der Waals surface area contributed by atoms with Gasteiger partial charge in [0, 0.05) is 42.6 Å². The lowest BCUT2D eigenvalue weighted by Crippen LogP contribution is -2.11. The molecule has 0 radical (unpaired) electrons. The number of alkyl halides is 3. The summed E-state index contributed by atoms with van der Waals surface area (Å²) in [6.07, 6.45) is -0.722. The van der Waals surface area contributed by atoms with Crippen molar-refractivity contribution in [1.29, 1.82) is 0 Å². The van der Waals surface area contributed by atoms with Gasteiger partial charge in [-0.05, 0) is 43.3 Å². The Morgan fingerprint density at radius 1 is 1.12 bits per heavy atom. The van der Waals surface area contributed by atoms with Crippen LogP contribution in [0, 0.1) is 17.5 Å². The summed E-state index contributed by atoms with van der Waals surface area (Å²) in [5.74, 6) is -5.44. The molecule has 43 heavy (non-hydrogen) atoms. The zero-order valence-corrected chi connectivity index (χ0v) is 23.0. The number of halogens is 6. The molecule has 0 spiro atoms. The summed E-state index contributed by atoms with van der Waals surface area (Å²) in [5.41, 5.74) is 4.70. The second kappa shape index (κ2) is 11.1. The van der Waals surface area contributed by atoms with Gasteiger partial charge in [0.15, 0.2) is 17.5 Å². The van der Waals surface area contributed by atoms with Crippen LogP contribution < -0.4 is 5.73 Å². The molecule has 0 aliphatic rings. The number of rotatable bonds is 8. The first-order valence-electron chi connectivity index (χ1n) is 12.8. The fourth-order valence-corrected chi connectivity index (χ4v) is 5.01. The SMILES string of the molecule is CCOC=Cc1cc(C(=O)c2cc(F)c(F)c(F)c2)n2cccc(-c3c(C(F)(F)F)cc4c(nc(COC)n4C)c3N)c12. The summed E-state index contributed by atoms with van der Waals surface area (Å²) >= 11 is 0. The Morgan fingerprint density at radius 3 is 2.44 bits per heavy atom. The third kappa shape index (κ3) is 5.09. The van der Waals surface area contributed by atoms with Gasteiger partial charge in [-0.2, -0.15) is 13.2 Å². The Kier molecular flexibility index (Phi) is 7.69. The molecule has 7 nitrogen and oxygen atoms in total. The van der Waals surface area contributed by atoms with Gasteiger partial charge in [-0.15, -0.1) is 0 Å². The number of nitrogen functional groups attached to an aromatic ring is 1. The average Bonchev–Trinajstić information content (AvgIpc) is 3.49. The summed E-state index contributed by atoms with van der Waals surface area (Å²) in [7, 11) is 2.97. The number of methoxy groups -OCH3 is 1. The van der Waals surface area contributed by atoms with Crippen LogP contribution in [0.3, 0.4) is 0 Å². The predicted octanol–water partition coefficient (Wildman–Crippen LogP) is 6.90. The zero-order chi connectivity index (χ0) is 31.2. The molecule has 3 heterocycles. The van der Waals surface area contributed by atoms with E-state index in [1.165, 1.54) is 52.8 Å². The van der Waals surface area contributed by atoms with Crippen LogP contribution >= 0.6 is 0 Å². The molecule has 5 rings (SSSR count). The number of fused-ring (bicyclic) bond motifs is 2. The van der Waals surface area contributed by atoms with Gasteiger partial charge in [0.2, 0.25) is 5.78 Å². The number of imidazole rings is 1. The van der Waals surface area contributed by atoms with Gasteiger partial charge < -0.3 is 24.2 Å². The number of nitrogens with two attached hydrogens (primary N) is 1. The molecular formula is C30H24F6N4O3. The first kappa shape index (κ1) is 29.7. The lowest BCUT2D eigenvalue weighted by Gasteiger charge is -2.18. The topological polar surface area (TPSA) is 83.8 Å². The van der Waals surface area contributed by atoms with Crippen molar-refractivity contribution in [2.75, 3.05) is 19.5 Å². The van der Waals surface area contributed by atoms with Gasteiger partial charge in [-0.25, -0.2) is 18.2 Å². The number of carbonyl (C=O) groups excluding carboxylic acids is 1. The molecule has 0 unspecified atom stereocenters. The van der Waals surface area contributed by atoms with Crippen LogP contribution in [0.5, 0.6) is 0 Å². The number of carbonyl (C=O) groups is 1. The van der Waals surface area contributed by atoms with Gasteiger partial charge in [0.1, 0.15) is 17.9 Å². The highest BCUT2D eigenvalue weighted by molar-refractivity contribution is 6.11. The minimum Gasteiger partial charge on any atom is -0.501 e. The lowest BCUT2D eigenvalue weighted by molar-refractivity contribution is -0.137. The molecule has 2 aromatic carbocycles. The fourth-order valence-electron chi connectivity index (χ4n) is 5.01. The Hall–Kier alpha value is -4.78. The number of anilines is 1. The van der Waals surface area contributed by atoms with E-state index in [9.17, 15) is 31.1 Å². The monoisotopic (exact) mass is 602 g/mol. The minimum atomic E-state index is -4.86. The molecule has 0 fully saturated rings. The second-order valence-electron chi connectivity index (χ2n) is 9.56. The molecule has 0 bridgehead atoms. The van der Waals surface area contributed by atoms with Gasteiger partial charge in [-0.1, -0.05) is 6.07 Å². The van der Waals surface area contributed by atoms with E-state index in [4.69, 9.17) is 15.2 Å². The molecule has 5 aromatic rings. The standard InChI is InChI=1S/C30H24F6N4O3/c1-4-43-9-7-15-12-22(29(41)16-10-19(31)25(33)20(32)11-16)40-8-5-6-17(28(15)40)24-18(30(34,35)36)13-21-27(26(24)37)38-23(14-42-3)39(21)2/h5-13H,4,14,37H2,1-3H3. The number of aryl methyl sites for hydroxylation is 1. The van der Waals surface area contributed by atoms with E-state index in [1.807, 2.05) is 0 Å². The van der Waals surface area contributed by atoms with Crippen molar-refractivity contribution >= 4 is 34.1 Å². The maximum absolute atomic E-state index is 14.6. The molecule has 3 aromatic heterocycles. The Bertz CT molecular complexity index is 1900. The molecular weight excluding hydrogens is 578 g/mol. The number of aromatic nitrogens is 3. The molecule has 224 valence electrons. The highest BCUT2D eigenvalue weighted by Crippen LogP contribution is 2.46. The van der Waals surface area contributed by atoms with E-state index in [-0.39, 0.29) is 57.8 Å². The molecule has 0 saturated carbocycles. The average molecular weight is 603 g/mol. The van der Waals surface area contributed by atoms with Crippen LogP contribution in [0.15, 0.2) is 48.9 Å². The second-order valence-corrected chi connectivity index (χ2v) is 9.56. The van der Waals surface area contributed by atoms with Gasteiger partial charge in [-0.3, -0.25) is 4.79 Å². The Balaban J connectivity index is 1.85. The van der Waals surface area contributed by atoms with Gasteiger partial charge in [0.05, 0.1) is 40.8 Å². The Morgan fingerprint density at radius 2 is 1.81 bits per heavy atom. The summed E-state index contributed by atoms with van der Waals surface area (Å²) in [4.78, 5) is 17.9. The van der Waals surface area contributed by atoms with E-state index in [1.54, 1.807) is 14.0 Å². The predicted molar refractivity (Wildman–Crippen MR) is 148 cm³/mol. The van der Waals surface area contributed by atoms with E-state index in [0.717, 1.165) is 6.07 Å². The third-order valence-corrected chi connectivity index (χ3v) is 6.96.